The van der Waals surface area contributed by atoms with Crippen LogP contribution in [0.5, 0.6) is 0 Å². The number of hydrogen-bond donors (Lipinski definition) is 1. The minimum Gasteiger partial charge on any atom is -0.385 e. The summed E-state index contributed by atoms with van der Waals surface area (Å²) in [7, 11) is 1.63. The highest BCUT2D eigenvalue weighted by Gasteiger charge is 2.33. The highest BCUT2D eigenvalue weighted by molar-refractivity contribution is 8.00. The first-order chi connectivity index (χ1) is 10.9. The number of nitrogens with zero attached hydrogens (tertiary/aromatic N) is 1. The van der Waals surface area contributed by atoms with Gasteiger partial charge in [0.1, 0.15) is 6.54 Å². The number of anilines is 1. The average Bonchev–Trinajstić information content (AvgIpc) is 2.57. The van der Waals surface area contributed by atoms with E-state index in [1.165, 1.54) is 0 Å². The summed E-state index contributed by atoms with van der Waals surface area (Å²) in [6.45, 7) is 5.33. The quantitative estimate of drug-likeness (QED) is 0.811. The third kappa shape index (κ3) is 4.97. The van der Waals surface area contributed by atoms with Gasteiger partial charge in [0.15, 0.2) is 0 Å². The lowest BCUT2D eigenvalue weighted by atomic mass is 10.1. The molecule has 1 aromatic carbocycles. The largest absolute Gasteiger partial charge is 0.385 e. The van der Waals surface area contributed by atoms with Gasteiger partial charge < -0.3 is 15.0 Å². The Balaban J connectivity index is 2.11. The number of ether oxygens (including phenoxy) is 1. The highest BCUT2D eigenvalue weighted by Crippen LogP contribution is 2.43. The van der Waals surface area contributed by atoms with Gasteiger partial charge in [-0.15, -0.1) is 11.8 Å². The third-order valence-corrected chi connectivity index (χ3v) is 4.83. The predicted molar refractivity (Wildman–Crippen MR) is 92.9 cm³/mol. The van der Waals surface area contributed by atoms with Crippen molar-refractivity contribution in [3.63, 3.8) is 0 Å². The number of amides is 2. The smallest absolute Gasteiger partial charge is 0.240 e. The predicted octanol–water partition coefficient (Wildman–Crippen LogP) is 2.45. The fourth-order valence-electron chi connectivity index (χ4n) is 2.51. The lowest BCUT2D eigenvalue weighted by Crippen LogP contribution is -2.42. The Morgan fingerprint density at radius 1 is 1.39 bits per heavy atom. The summed E-state index contributed by atoms with van der Waals surface area (Å²) in [4.78, 5) is 27.4. The molecule has 0 saturated heterocycles. The molecule has 126 valence electrons. The third-order valence-electron chi connectivity index (χ3n) is 3.57. The van der Waals surface area contributed by atoms with Crippen molar-refractivity contribution in [1.29, 1.82) is 0 Å². The van der Waals surface area contributed by atoms with Crippen LogP contribution < -0.4 is 10.2 Å². The lowest BCUT2D eigenvalue weighted by molar-refractivity contribution is -0.124. The van der Waals surface area contributed by atoms with Gasteiger partial charge in [0, 0.05) is 36.3 Å². The molecule has 5 nitrogen and oxygen atoms in total. The Kier molecular flexibility index (Phi) is 6.07. The van der Waals surface area contributed by atoms with E-state index in [2.05, 4.69) is 19.2 Å². The van der Waals surface area contributed by atoms with Crippen molar-refractivity contribution in [1.82, 2.24) is 5.32 Å². The normalized spacial score (nSPS) is 16.7. The molecule has 0 spiro atoms. The molecule has 0 saturated carbocycles. The number of nitrogens with one attached hydrogen (secondary N) is 1. The number of rotatable bonds is 6. The van der Waals surface area contributed by atoms with Gasteiger partial charge in [-0.05, 0) is 32.4 Å². The summed E-state index contributed by atoms with van der Waals surface area (Å²) in [5.41, 5.74) is 0.820. The molecular formula is C17H24N2O3S. The molecule has 0 atom stereocenters. The van der Waals surface area contributed by atoms with Crippen LogP contribution in [0.1, 0.15) is 26.7 Å². The van der Waals surface area contributed by atoms with Crippen LogP contribution in [-0.2, 0) is 14.3 Å². The maximum absolute atomic E-state index is 12.6. The molecule has 23 heavy (non-hydrogen) atoms. The van der Waals surface area contributed by atoms with E-state index >= 15 is 0 Å². The zero-order chi connectivity index (χ0) is 16.9. The van der Waals surface area contributed by atoms with Crippen molar-refractivity contribution < 1.29 is 14.3 Å². The van der Waals surface area contributed by atoms with Crippen LogP contribution >= 0.6 is 11.8 Å². The van der Waals surface area contributed by atoms with Crippen LogP contribution in [0.25, 0.3) is 0 Å². The van der Waals surface area contributed by atoms with Gasteiger partial charge in [-0.1, -0.05) is 12.1 Å². The molecule has 0 unspecified atom stereocenters. The van der Waals surface area contributed by atoms with Gasteiger partial charge in [-0.2, -0.15) is 0 Å². The zero-order valence-corrected chi connectivity index (χ0v) is 14.7. The monoisotopic (exact) mass is 336 g/mol. The van der Waals surface area contributed by atoms with Crippen LogP contribution in [-0.4, -0.2) is 43.4 Å². The maximum atomic E-state index is 12.6. The topological polar surface area (TPSA) is 58.6 Å². The molecule has 0 fully saturated rings. The standard InChI is InChI=1S/C17H24N2O3S/c1-17(2)11-16(21)19(12-15(20)18-9-6-10-22-3)13-7-4-5-8-14(13)23-17/h4-5,7-8H,6,9-12H2,1-3H3,(H,18,20). The number of thioether (sulfide) groups is 1. The minimum absolute atomic E-state index is 0.0144. The maximum Gasteiger partial charge on any atom is 0.240 e. The summed E-state index contributed by atoms with van der Waals surface area (Å²) in [5, 5.41) is 2.84. The van der Waals surface area contributed by atoms with Crippen molar-refractivity contribution in [2.75, 3.05) is 31.7 Å². The summed E-state index contributed by atoms with van der Waals surface area (Å²) in [6.07, 6.45) is 1.17. The molecule has 1 aliphatic rings. The molecule has 0 bridgehead atoms. The van der Waals surface area contributed by atoms with Gasteiger partial charge in [0.2, 0.25) is 11.8 Å². The molecule has 6 heteroatoms. The lowest BCUT2D eigenvalue weighted by Gasteiger charge is -2.22. The molecule has 0 aromatic heterocycles. The van der Waals surface area contributed by atoms with Crippen LogP contribution in [0.2, 0.25) is 0 Å². The van der Waals surface area contributed by atoms with Crippen LogP contribution in [0.3, 0.4) is 0 Å². The fraction of sp³-hybridized carbons (Fsp3) is 0.529. The van der Waals surface area contributed by atoms with E-state index in [4.69, 9.17) is 4.74 Å². The minimum atomic E-state index is -0.184. The molecule has 2 amide bonds. The van der Waals surface area contributed by atoms with Gasteiger partial charge in [0.25, 0.3) is 0 Å². The number of carbonyl (C=O) groups excluding carboxylic acids is 2. The molecule has 0 aliphatic carbocycles. The van der Waals surface area contributed by atoms with Crippen molar-refractivity contribution in [2.45, 2.75) is 36.3 Å². The fourth-order valence-corrected chi connectivity index (χ4v) is 3.73. The summed E-state index contributed by atoms with van der Waals surface area (Å²) >= 11 is 1.68. The molecular weight excluding hydrogens is 312 g/mol. The van der Waals surface area contributed by atoms with Crippen molar-refractivity contribution in [2.24, 2.45) is 0 Å². The SMILES string of the molecule is COCCCNC(=O)CN1C(=O)CC(C)(C)Sc2ccccc21. The van der Waals surface area contributed by atoms with E-state index in [9.17, 15) is 9.59 Å². The van der Waals surface area contributed by atoms with Crippen LogP contribution in [0.15, 0.2) is 29.2 Å². The number of para-hydroxylation sites is 1. The number of methoxy groups -OCH3 is 1. The van der Waals surface area contributed by atoms with E-state index in [0.717, 1.165) is 17.0 Å². The molecule has 2 rings (SSSR count). The second-order valence-corrected chi connectivity index (χ2v) is 7.93. The van der Waals surface area contributed by atoms with E-state index in [1.807, 2.05) is 24.3 Å². The summed E-state index contributed by atoms with van der Waals surface area (Å²) in [5.74, 6) is -0.159. The Morgan fingerprint density at radius 3 is 2.87 bits per heavy atom. The molecule has 1 aliphatic heterocycles. The number of hydrogen-bond acceptors (Lipinski definition) is 4. The van der Waals surface area contributed by atoms with Crippen LogP contribution in [0.4, 0.5) is 5.69 Å². The summed E-state index contributed by atoms with van der Waals surface area (Å²) < 4.78 is 4.77. The first-order valence-corrected chi connectivity index (χ1v) is 8.58. The van der Waals surface area contributed by atoms with E-state index in [-0.39, 0.29) is 23.1 Å². The Hall–Kier alpha value is -1.53. The summed E-state index contributed by atoms with van der Waals surface area (Å²) in [6, 6.07) is 7.76. The van der Waals surface area contributed by atoms with E-state index in [1.54, 1.807) is 23.8 Å². The van der Waals surface area contributed by atoms with Crippen molar-refractivity contribution in [3.05, 3.63) is 24.3 Å². The average molecular weight is 336 g/mol. The first-order valence-electron chi connectivity index (χ1n) is 7.77. The molecule has 1 heterocycles. The zero-order valence-electron chi connectivity index (χ0n) is 13.9. The second-order valence-electron chi connectivity index (χ2n) is 6.18. The van der Waals surface area contributed by atoms with Gasteiger partial charge in [0.05, 0.1) is 5.69 Å². The van der Waals surface area contributed by atoms with E-state index < -0.39 is 0 Å². The van der Waals surface area contributed by atoms with Crippen molar-refractivity contribution in [3.8, 4) is 0 Å². The Labute approximate surface area is 141 Å². The molecule has 0 radical (unpaired) electrons. The van der Waals surface area contributed by atoms with Crippen LogP contribution in [0, 0.1) is 0 Å². The van der Waals surface area contributed by atoms with E-state index in [0.29, 0.717) is 19.6 Å². The number of carbonyl (C=O) groups is 2. The Morgan fingerprint density at radius 2 is 2.13 bits per heavy atom. The molecule has 1 N–H and O–H groups in total. The number of fused-ring (bicyclic) bond motifs is 1. The Bertz CT molecular complexity index is 575. The number of benzene rings is 1. The second kappa shape index (κ2) is 7.84. The highest BCUT2D eigenvalue weighted by atomic mass is 32.2. The molecule has 1 aromatic rings. The first kappa shape index (κ1) is 17.8. The van der Waals surface area contributed by atoms with Crippen molar-refractivity contribution >= 4 is 29.3 Å². The van der Waals surface area contributed by atoms with Gasteiger partial charge in [-0.25, -0.2) is 0 Å². The van der Waals surface area contributed by atoms with Gasteiger partial charge in [-0.3, -0.25) is 9.59 Å². The van der Waals surface area contributed by atoms with Gasteiger partial charge >= 0.3 is 0 Å².